The van der Waals surface area contributed by atoms with Crippen molar-refractivity contribution in [2.24, 2.45) is 0 Å². The van der Waals surface area contributed by atoms with Crippen LogP contribution in [0.2, 0.25) is 5.28 Å². The molecule has 0 aliphatic carbocycles. The highest BCUT2D eigenvalue weighted by molar-refractivity contribution is 6.28. The van der Waals surface area contributed by atoms with Crippen LogP contribution in [0.15, 0.2) is 6.20 Å². The Labute approximate surface area is 81.0 Å². The summed E-state index contributed by atoms with van der Waals surface area (Å²) >= 11 is 5.49. The maximum atomic E-state index is 5.49. The van der Waals surface area contributed by atoms with Crippen LogP contribution in [0.5, 0.6) is 5.88 Å². The quantitative estimate of drug-likeness (QED) is 0.667. The lowest BCUT2D eigenvalue weighted by Crippen LogP contribution is -2.07. The van der Waals surface area contributed by atoms with Gasteiger partial charge in [-0.2, -0.15) is 10.1 Å². The average molecular weight is 204 g/mol. The molecular formula is C7H10ClN3O2. The SMILES string of the molecule is CCOCCOc1cnnc(Cl)n1. The molecular weight excluding hydrogens is 194 g/mol. The van der Waals surface area contributed by atoms with E-state index >= 15 is 0 Å². The van der Waals surface area contributed by atoms with Gasteiger partial charge in [0.25, 0.3) is 0 Å². The second-order valence-electron chi connectivity index (χ2n) is 2.11. The number of rotatable bonds is 5. The average Bonchev–Trinajstić information content (AvgIpc) is 2.13. The van der Waals surface area contributed by atoms with Gasteiger partial charge in [-0.05, 0) is 18.5 Å². The summed E-state index contributed by atoms with van der Waals surface area (Å²) in [5.41, 5.74) is 0. The van der Waals surface area contributed by atoms with E-state index in [0.717, 1.165) is 0 Å². The van der Waals surface area contributed by atoms with Gasteiger partial charge in [0.1, 0.15) is 12.8 Å². The van der Waals surface area contributed by atoms with Gasteiger partial charge >= 0.3 is 0 Å². The van der Waals surface area contributed by atoms with Crippen molar-refractivity contribution in [2.75, 3.05) is 19.8 Å². The predicted octanol–water partition coefficient (Wildman–Crippen LogP) is 0.940. The first-order valence-electron chi connectivity index (χ1n) is 3.88. The van der Waals surface area contributed by atoms with Crippen LogP contribution in [0.3, 0.4) is 0 Å². The van der Waals surface area contributed by atoms with Crippen LogP contribution in [0.1, 0.15) is 6.92 Å². The van der Waals surface area contributed by atoms with E-state index in [1.165, 1.54) is 6.20 Å². The molecule has 0 aromatic carbocycles. The molecule has 0 atom stereocenters. The van der Waals surface area contributed by atoms with Crippen LogP contribution < -0.4 is 4.74 Å². The topological polar surface area (TPSA) is 57.1 Å². The fourth-order valence-corrected chi connectivity index (χ4v) is 0.814. The summed E-state index contributed by atoms with van der Waals surface area (Å²) in [4.78, 5) is 3.78. The van der Waals surface area contributed by atoms with Crippen LogP contribution in [0.25, 0.3) is 0 Å². The Morgan fingerprint density at radius 3 is 3.00 bits per heavy atom. The standard InChI is InChI=1S/C7H10ClN3O2/c1-2-12-3-4-13-6-5-9-11-7(8)10-6/h5H,2-4H2,1H3. The molecule has 1 aromatic heterocycles. The first-order valence-corrected chi connectivity index (χ1v) is 4.26. The maximum Gasteiger partial charge on any atom is 0.246 e. The van der Waals surface area contributed by atoms with E-state index in [-0.39, 0.29) is 5.28 Å². The molecule has 6 heteroatoms. The van der Waals surface area contributed by atoms with Gasteiger partial charge in [0.05, 0.1) is 6.61 Å². The van der Waals surface area contributed by atoms with Crippen molar-refractivity contribution in [1.82, 2.24) is 15.2 Å². The summed E-state index contributed by atoms with van der Waals surface area (Å²) in [5.74, 6) is 0.361. The number of aromatic nitrogens is 3. The van der Waals surface area contributed by atoms with Crippen LogP contribution in [0, 0.1) is 0 Å². The van der Waals surface area contributed by atoms with E-state index in [2.05, 4.69) is 15.2 Å². The molecule has 0 fully saturated rings. The minimum Gasteiger partial charge on any atom is -0.474 e. The van der Waals surface area contributed by atoms with Crippen molar-refractivity contribution >= 4 is 11.6 Å². The highest BCUT2D eigenvalue weighted by atomic mass is 35.5. The molecule has 0 aliphatic rings. The third-order valence-corrected chi connectivity index (χ3v) is 1.35. The van der Waals surface area contributed by atoms with Gasteiger partial charge in [0, 0.05) is 6.61 Å². The molecule has 0 saturated heterocycles. The summed E-state index contributed by atoms with van der Waals surface area (Å²) in [5, 5.41) is 7.13. The van der Waals surface area contributed by atoms with Crippen LogP contribution >= 0.6 is 11.6 Å². The van der Waals surface area contributed by atoms with E-state index in [4.69, 9.17) is 21.1 Å². The monoisotopic (exact) mass is 203 g/mol. The molecule has 0 spiro atoms. The molecule has 0 bridgehead atoms. The Morgan fingerprint density at radius 1 is 1.46 bits per heavy atom. The number of hydrogen-bond donors (Lipinski definition) is 0. The summed E-state index contributed by atoms with van der Waals surface area (Å²) in [7, 11) is 0. The molecule has 1 rings (SSSR count). The lowest BCUT2D eigenvalue weighted by Gasteiger charge is -2.03. The fraction of sp³-hybridized carbons (Fsp3) is 0.571. The molecule has 0 aliphatic heterocycles. The number of hydrogen-bond acceptors (Lipinski definition) is 5. The number of ether oxygens (including phenoxy) is 2. The second-order valence-corrected chi connectivity index (χ2v) is 2.45. The minimum atomic E-state index is 0.0777. The largest absolute Gasteiger partial charge is 0.474 e. The van der Waals surface area contributed by atoms with E-state index in [1.54, 1.807) is 0 Å². The summed E-state index contributed by atoms with van der Waals surface area (Å²) in [6.45, 7) is 3.55. The molecule has 0 radical (unpaired) electrons. The van der Waals surface area contributed by atoms with Gasteiger partial charge in [-0.25, -0.2) is 0 Å². The fourth-order valence-electron chi connectivity index (χ4n) is 0.687. The number of nitrogens with zero attached hydrogens (tertiary/aromatic N) is 3. The minimum absolute atomic E-state index is 0.0777. The Bertz CT molecular complexity index is 259. The normalized spacial score (nSPS) is 10.0. The Hall–Kier alpha value is -0.940. The van der Waals surface area contributed by atoms with Gasteiger partial charge in [-0.1, -0.05) is 0 Å². The lowest BCUT2D eigenvalue weighted by atomic mass is 10.7. The highest BCUT2D eigenvalue weighted by Crippen LogP contribution is 2.05. The van der Waals surface area contributed by atoms with E-state index in [9.17, 15) is 0 Å². The maximum absolute atomic E-state index is 5.49. The van der Waals surface area contributed by atoms with Crippen molar-refractivity contribution in [3.8, 4) is 5.88 Å². The molecule has 72 valence electrons. The van der Waals surface area contributed by atoms with Gasteiger partial charge in [0.2, 0.25) is 11.2 Å². The van der Waals surface area contributed by atoms with E-state index in [1.807, 2.05) is 6.92 Å². The molecule has 1 heterocycles. The molecule has 0 unspecified atom stereocenters. The van der Waals surface area contributed by atoms with Gasteiger partial charge in [0.15, 0.2) is 0 Å². The van der Waals surface area contributed by atoms with E-state index < -0.39 is 0 Å². The third kappa shape index (κ3) is 4.00. The van der Waals surface area contributed by atoms with Crippen LogP contribution in [-0.4, -0.2) is 35.0 Å². The molecule has 0 saturated carbocycles. The summed E-state index contributed by atoms with van der Waals surface area (Å²) in [6, 6.07) is 0. The van der Waals surface area contributed by atoms with E-state index in [0.29, 0.717) is 25.7 Å². The zero-order valence-corrected chi connectivity index (χ0v) is 7.99. The Kier molecular flexibility index (Phi) is 4.42. The molecule has 1 aromatic rings. The van der Waals surface area contributed by atoms with Crippen LogP contribution in [-0.2, 0) is 4.74 Å². The van der Waals surface area contributed by atoms with Crippen molar-refractivity contribution in [2.45, 2.75) is 6.92 Å². The van der Waals surface area contributed by atoms with Gasteiger partial charge in [-0.3, -0.25) is 0 Å². The summed E-state index contributed by atoms with van der Waals surface area (Å²) < 4.78 is 10.2. The van der Waals surface area contributed by atoms with Crippen molar-refractivity contribution in [3.05, 3.63) is 11.5 Å². The first-order chi connectivity index (χ1) is 6.33. The lowest BCUT2D eigenvalue weighted by molar-refractivity contribution is 0.108. The first kappa shape index (κ1) is 10.1. The third-order valence-electron chi connectivity index (χ3n) is 1.19. The predicted molar refractivity (Wildman–Crippen MR) is 46.8 cm³/mol. The Morgan fingerprint density at radius 2 is 2.31 bits per heavy atom. The smallest absolute Gasteiger partial charge is 0.246 e. The molecule has 13 heavy (non-hydrogen) atoms. The van der Waals surface area contributed by atoms with Gasteiger partial charge in [-0.15, -0.1) is 5.10 Å². The van der Waals surface area contributed by atoms with Crippen LogP contribution in [0.4, 0.5) is 0 Å². The second kappa shape index (κ2) is 5.66. The zero-order chi connectivity index (χ0) is 9.52. The zero-order valence-electron chi connectivity index (χ0n) is 7.23. The Balaban J connectivity index is 2.28. The number of halogens is 1. The van der Waals surface area contributed by atoms with Crippen molar-refractivity contribution in [3.63, 3.8) is 0 Å². The highest BCUT2D eigenvalue weighted by Gasteiger charge is 1.97. The summed E-state index contributed by atoms with van der Waals surface area (Å²) in [6.07, 6.45) is 1.40. The molecule has 5 nitrogen and oxygen atoms in total. The van der Waals surface area contributed by atoms with Crippen molar-refractivity contribution < 1.29 is 9.47 Å². The molecule has 0 N–H and O–H groups in total. The van der Waals surface area contributed by atoms with Gasteiger partial charge < -0.3 is 9.47 Å². The van der Waals surface area contributed by atoms with Crippen molar-refractivity contribution in [1.29, 1.82) is 0 Å². The molecule has 0 amide bonds.